The Kier molecular flexibility index (Phi) is 7.45. The summed E-state index contributed by atoms with van der Waals surface area (Å²) in [7, 11) is 0. The Morgan fingerprint density at radius 2 is 1.75 bits per heavy atom. The van der Waals surface area contributed by atoms with E-state index < -0.39 is 5.51 Å². The minimum absolute atomic E-state index is 0.0685. The molecule has 1 aromatic rings. The smallest absolute Gasteiger partial charge is 0.316 e. The van der Waals surface area contributed by atoms with Crippen LogP contribution in [0.25, 0.3) is 0 Å². The molecule has 0 saturated heterocycles. The SMILES string of the molecule is CC(C)CNCC(CCSC(F)(F)F)c1ccccc1. The molecule has 0 aliphatic heterocycles. The Labute approximate surface area is 123 Å². The predicted octanol–water partition coefficient (Wildman–Crippen LogP) is 4.66. The van der Waals surface area contributed by atoms with E-state index in [0.29, 0.717) is 12.3 Å². The molecular weight excluding hydrogens is 283 g/mol. The standard InChI is InChI=1S/C15H22F3NS/c1-12(2)10-19-11-14(8-9-20-15(16,17)18)13-6-4-3-5-7-13/h3-7,12,14,19H,8-11H2,1-2H3. The summed E-state index contributed by atoms with van der Waals surface area (Å²) in [5, 5.41) is 3.34. The highest BCUT2D eigenvalue weighted by Gasteiger charge is 2.28. The minimum atomic E-state index is -4.13. The van der Waals surface area contributed by atoms with Crippen molar-refractivity contribution in [1.29, 1.82) is 0 Å². The van der Waals surface area contributed by atoms with Crippen LogP contribution in [-0.2, 0) is 0 Å². The van der Waals surface area contributed by atoms with Gasteiger partial charge >= 0.3 is 5.51 Å². The lowest BCUT2D eigenvalue weighted by Crippen LogP contribution is -2.26. The second-order valence-corrected chi connectivity index (χ2v) is 6.40. The fraction of sp³-hybridized carbons (Fsp3) is 0.600. The summed E-state index contributed by atoms with van der Waals surface area (Å²) in [6, 6.07) is 9.76. The lowest BCUT2D eigenvalue weighted by molar-refractivity contribution is -0.0328. The summed E-state index contributed by atoms with van der Waals surface area (Å²) in [4.78, 5) is 0. The zero-order chi connectivity index (χ0) is 15.0. The molecule has 0 radical (unpaired) electrons. The molecule has 1 nitrogen and oxygen atoms in total. The Morgan fingerprint density at radius 3 is 2.30 bits per heavy atom. The molecule has 114 valence electrons. The van der Waals surface area contributed by atoms with Crippen LogP contribution in [0, 0.1) is 5.92 Å². The van der Waals surface area contributed by atoms with Crippen molar-refractivity contribution in [2.75, 3.05) is 18.8 Å². The Hall–Kier alpha value is -0.680. The van der Waals surface area contributed by atoms with Gasteiger partial charge in [0.05, 0.1) is 0 Å². The molecule has 0 spiro atoms. The third-order valence-corrected chi connectivity index (χ3v) is 3.71. The summed E-state index contributed by atoms with van der Waals surface area (Å²) in [5.74, 6) is 0.771. The molecule has 0 aliphatic rings. The van der Waals surface area contributed by atoms with E-state index in [4.69, 9.17) is 0 Å². The van der Waals surface area contributed by atoms with Crippen LogP contribution in [0.3, 0.4) is 0 Å². The number of halogens is 3. The molecule has 1 aromatic carbocycles. The van der Waals surface area contributed by atoms with Crippen LogP contribution in [0.5, 0.6) is 0 Å². The maximum absolute atomic E-state index is 12.2. The fourth-order valence-electron chi connectivity index (χ4n) is 1.97. The molecule has 5 heteroatoms. The quantitative estimate of drug-likeness (QED) is 0.749. The van der Waals surface area contributed by atoms with Gasteiger partial charge < -0.3 is 5.32 Å². The predicted molar refractivity (Wildman–Crippen MR) is 80.0 cm³/mol. The van der Waals surface area contributed by atoms with Gasteiger partial charge in [-0.1, -0.05) is 55.9 Å². The van der Waals surface area contributed by atoms with Crippen LogP contribution in [0.2, 0.25) is 0 Å². The van der Waals surface area contributed by atoms with Crippen molar-refractivity contribution in [3.05, 3.63) is 35.9 Å². The third-order valence-electron chi connectivity index (χ3n) is 2.95. The Bertz CT molecular complexity index is 365. The van der Waals surface area contributed by atoms with E-state index in [1.54, 1.807) is 0 Å². The lowest BCUT2D eigenvalue weighted by Gasteiger charge is -2.19. The zero-order valence-corrected chi connectivity index (χ0v) is 12.7. The van der Waals surface area contributed by atoms with E-state index in [0.717, 1.165) is 18.7 Å². The van der Waals surface area contributed by atoms with E-state index >= 15 is 0 Å². The molecule has 0 aromatic heterocycles. The number of alkyl halides is 3. The third kappa shape index (κ3) is 7.80. The van der Waals surface area contributed by atoms with Gasteiger partial charge in [0, 0.05) is 12.3 Å². The molecule has 1 N–H and O–H groups in total. The minimum Gasteiger partial charge on any atom is -0.316 e. The summed E-state index contributed by atoms with van der Waals surface area (Å²) in [6.07, 6.45) is 0.527. The van der Waals surface area contributed by atoms with E-state index in [1.807, 2.05) is 30.3 Å². The highest BCUT2D eigenvalue weighted by Crippen LogP contribution is 2.32. The molecule has 0 amide bonds. The van der Waals surface area contributed by atoms with Crippen molar-refractivity contribution < 1.29 is 13.2 Å². The van der Waals surface area contributed by atoms with Crippen molar-refractivity contribution in [1.82, 2.24) is 5.32 Å². The zero-order valence-electron chi connectivity index (χ0n) is 11.9. The van der Waals surface area contributed by atoms with Crippen molar-refractivity contribution in [3.8, 4) is 0 Å². The van der Waals surface area contributed by atoms with Crippen LogP contribution in [0.4, 0.5) is 13.2 Å². The first-order chi connectivity index (χ1) is 9.38. The molecule has 0 fully saturated rings. The van der Waals surface area contributed by atoms with Gasteiger partial charge in [0.1, 0.15) is 0 Å². The first-order valence-corrected chi connectivity index (χ1v) is 7.83. The molecule has 1 rings (SSSR count). The van der Waals surface area contributed by atoms with Crippen LogP contribution in [0.15, 0.2) is 30.3 Å². The normalized spacial score (nSPS) is 13.7. The van der Waals surface area contributed by atoms with Gasteiger partial charge in [0.15, 0.2) is 0 Å². The van der Waals surface area contributed by atoms with E-state index in [-0.39, 0.29) is 23.4 Å². The van der Waals surface area contributed by atoms with Crippen molar-refractivity contribution >= 4 is 11.8 Å². The van der Waals surface area contributed by atoms with Crippen molar-refractivity contribution in [3.63, 3.8) is 0 Å². The van der Waals surface area contributed by atoms with Crippen LogP contribution >= 0.6 is 11.8 Å². The van der Waals surface area contributed by atoms with Crippen molar-refractivity contribution in [2.24, 2.45) is 5.92 Å². The molecule has 0 bridgehead atoms. The summed E-state index contributed by atoms with van der Waals surface area (Å²) >= 11 is 0.0685. The first-order valence-electron chi connectivity index (χ1n) is 6.85. The number of benzene rings is 1. The second kappa shape index (κ2) is 8.57. The molecule has 20 heavy (non-hydrogen) atoms. The highest BCUT2D eigenvalue weighted by molar-refractivity contribution is 8.00. The van der Waals surface area contributed by atoms with Crippen LogP contribution in [-0.4, -0.2) is 24.4 Å². The number of hydrogen-bond acceptors (Lipinski definition) is 2. The molecule has 0 aliphatic carbocycles. The lowest BCUT2D eigenvalue weighted by atomic mass is 9.96. The van der Waals surface area contributed by atoms with E-state index in [9.17, 15) is 13.2 Å². The topological polar surface area (TPSA) is 12.0 Å². The molecule has 1 atom stereocenters. The first kappa shape index (κ1) is 17.4. The van der Waals surface area contributed by atoms with Crippen molar-refractivity contribution in [2.45, 2.75) is 31.7 Å². The maximum atomic E-state index is 12.2. The highest BCUT2D eigenvalue weighted by atomic mass is 32.2. The monoisotopic (exact) mass is 305 g/mol. The van der Waals surface area contributed by atoms with E-state index in [1.165, 1.54) is 0 Å². The average Bonchev–Trinajstić information content (AvgIpc) is 2.36. The number of nitrogens with one attached hydrogen (secondary N) is 1. The Balaban J connectivity index is 2.51. The van der Waals surface area contributed by atoms with E-state index in [2.05, 4.69) is 19.2 Å². The van der Waals surface area contributed by atoms with Gasteiger partial charge in [-0.15, -0.1) is 0 Å². The summed E-state index contributed by atoms with van der Waals surface area (Å²) in [5.41, 5.74) is -3.03. The van der Waals surface area contributed by atoms with Gasteiger partial charge in [-0.3, -0.25) is 0 Å². The molecule has 0 saturated carbocycles. The Morgan fingerprint density at radius 1 is 1.10 bits per heavy atom. The molecule has 0 heterocycles. The number of thioether (sulfide) groups is 1. The van der Waals surface area contributed by atoms with Gasteiger partial charge in [-0.2, -0.15) is 13.2 Å². The van der Waals surface area contributed by atoms with Gasteiger partial charge in [-0.25, -0.2) is 0 Å². The number of hydrogen-bond donors (Lipinski definition) is 1. The summed E-state index contributed by atoms with van der Waals surface area (Å²) in [6.45, 7) is 5.84. The summed E-state index contributed by atoms with van der Waals surface area (Å²) < 4.78 is 36.6. The second-order valence-electron chi connectivity index (χ2n) is 5.24. The fourth-order valence-corrected chi connectivity index (χ4v) is 2.61. The van der Waals surface area contributed by atoms with Crippen LogP contribution < -0.4 is 5.32 Å². The van der Waals surface area contributed by atoms with Gasteiger partial charge in [0.2, 0.25) is 0 Å². The number of rotatable bonds is 8. The largest absolute Gasteiger partial charge is 0.441 e. The molecular formula is C15H22F3NS. The van der Waals surface area contributed by atoms with Gasteiger partial charge in [0.25, 0.3) is 0 Å². The molecule has 1 unspecified atom stereocenters. The maximum Gasteiger partial charge on any atom is 0.441 e. The average molecular weight is 305 g/mol. The van der Waals surface area contributed by atoms with Gasteiger partial charge in [-0.05, 0) is 30.4 Å². The van der Waals surface area contributed by atoms with Crippen LogP contribution in [0.1, 0.15) is 31.7 Å².